The van der Waals surface area contributed by atoms with E-state index >= 15 is 0 Å². The van der Waals surface area contributed by atoms with E-state index in [0.29, 0.717) is 0 Å². The van der Waals surface area contributed by atoms with Gasteiger partial charge in [0.15, 0.2) is 5.13 Å². The van der Waals surface area contributed by atoms with E-state index in [2.05, 4.69) is 17.2 Å². The molecule has 0 amide bonds. The summed E-state index contributed by atoms with van der Waals surface area (Å²) in [5.41, 5.74) is 2.20. The highest BCUT2D eigenvalue weighted by molar-refractivity contribution is 7.22. The molecule has 15 heavy (non-hydrogen) atoms. The lowest BCUT2D eigenvalue weighted by atomic mass is 10.2. The van der Waals surface area contributed by atoms with Crippen molar-refractivity contribution in [2.75, 3.05) is 11.9 Å². The minimum absolute atomic E-state index is 0.783. The van der Waals surface area contributed by atoms with Gasteiger partial charge in [-0.1, -0.05) is 29.9 Å². The number of hydrogen-bond donors (Lipinski definition) is 1. The van der Waals surface area contributed by atoms with Crippen molar-refractivity contribution in [3.8, 4) is 0 Å². The van der Waals surface area contributed by atoms with Crippen LogP contribution in [0, 0.1) is 6.92 Å². The third-order valence-electron chi connectivity index (χ3n) is 2.18. The molecule has 2 rings (SSSR count). The Kier molecular flexibility index (Phi) is 3.12. The summed E-state index contributed by atoms with van der Waals surface area (Å²) in [5.74, 6) is 0. The number of rotatable bonds is 3. The van der Waals surface area contributed by atoms with Gasteiger partial charge >= 0.3 is 0 Å². The van der Waals surface area contributed by atoms with Crippen LogP contribution in [-0.2, 0) is 0 Å². The van der Waals surface area contributed by atoms with Gasteiger partial charge in [-0.05, 0) is 31.0 Å². The lowest BCUT2D eigenvalue weighted by Crippen LogP contribution is -1.98. The van der Waals surface area contributed by atoms with Crippen LogP contribution in [0.4, 0.5) is 5.13 Å². The molecule has 0 unspecified atom stereocenters. The molecule has 2 nitrogen and oxygen atoms in total. The van der Waals surface area contributed by atoms with Crippen molar-refractivity contribution in [3.63, 3.8) is 0 Å². The van der Waals surface area contributed by atoms with Crippen molar-refractivity contribution in [1.82, 2.24) is 4.98 Å². The Morgan fingerprint density at radius 2 is 2.27 bits per heavy atom. The molecular weight excluding hydrogens is 228 g/mol. The number of aromatic nitrogens is 1. The van der Waals surface area contributed by atoms with Gasteiger partial charge < -0.3 is 5.32 Å². The molecule has 0 atom stereocenters. The predicted octanol–water partition coefficient (Wildman–Crippen LogP) is 4.08. The van der Waals surface area contributed by atoms with Crippen molar-refractivity contribution in [3.05, 3.63) is 22.7 Å². The zero-order chi connectivity index (χ0) is 10.8. The summed E-state index contributed by atoms with van der Waals surface area (Å²) in [7, 11) is 0. The van der Waals surface area contributed by atoms with E-state index in [-0.39, 0.29) is 0 Å². The van der Waals surface area contributed by atoms with Gasteiger partial charge in [0, 0.05) is 11.6 Å². The Hall–Kier alpha value is -0.800. The number of benzene rings is 1. The normalized spacial score (nSPS) is 10.9. The molecule has 0 aliphatic rings. The summed E-state index contributed by atoms with van der Waals surface area (Å²) in [6.45, 7) is 5.15. The number of hydrogen-bond acceptors (Lipinski definition) is 3. The second kappa shape index (κ2) is 4.37. The van der Waals surface area contributed by atoms with Crippen LogP contribution in [0.2, 0.25) is 5.02 Å². The smallest absolute Gasteiger partial charge is 0.183 e. The quantitative estimate of drug-likeness (QED) is 0.875. The van der Waals surface area contributed by atoms with Crippen molar-refractivity contribution in [2.45, 2.75) is 20.3 Å². The first-order valence-corrected chi connectivity index (χ1v) is 6.20. The fourth-order valence-electron chi connectivity index (χ4n) is 1.46. The Morgan fingerprint density at radius 3 is 3.00 bits per heavy atom. The molecule has 0 radical (unpaired) electrons. The van der Waals surface area contributed by atoms with Gasteiger partial charge in [0.05, 0.1) is 10.2 Å². The third-order valence-corrected chi connectivity index (χ3v) is 3.35. The monoisotopic (exact) mass is 240 g/mol. The van der Waals surface area contributed by atoms with E-state index in [1.54, 1.807) is 11.3 Å². The molecule has 0 bridgehead atoms. The Morgan fingerprint density at radius 1 is 1.47 bits per heavy atom. The number of aryl methyl sites for hydroxylation is 1. The van der Waals surface area contributed by atoms with Gasteiger partial charge in [-0.2, -0.15) is 0 Å². The summed E-state index contributed by atoms with van der Waals surface area (Å²) in [6.07, 6.45) is 1.11. The molecule has 1 aromatic heterocycles. The zero-order valence-electron chi connectivity index (χ0n) is 8.80. The first kappa shape index (κ1) is 10.7. The molecular formula is C11H13ClN2S. The van der Waals surface area contributed by atoms with Crippen LogP contribution in [0.15, 0.2) is 12.1 Å². The fourth-order valence-corrected chi connectivity index (χ4v) is 2.81. The fraction of sp³-hybridized carbons (Fsp3) is 0.364. The number of halogens is 1. The number of thiazole rings is 1. The highest BCUT2D eigenvalue weighted by Gasteiger charge is 2.06. The van der Waals surface area contributed by atoms with Crippen molar-refractivity contribution in [2.24, 2.45) is 0 Å². The molecule has 0 aliphatic heterocycles. The maximum absolute atomic E-state index is 6.00. The van der Waals surface area contributed by atoms with Gasteiger partial charge in [0.1, 0.15) is 0 Å². The molecule has 80 valence electrons. The predicted molar refractivity (Wildman–Crippen MR) is 68.1 cm³/mol. The van der Waals surface area contributed by atoms with E-state index < -0.39 is 0 Å². The van der Waals surface area contributed by atoms with Crippen LogP contribution in [-0.4, -0.2) is 11.5 Å². The highest BCUT2D eigenvalue weighted by Crippen LogP contribution is 2.30. The van der Waals surface area contributed by atoms with Crippen LogP contribution in [0.25, 0.3) is 10.2 Å². The second-order valence-corrected chi connectivity index (χ2v) is 4.98. The summed E-state index contributed by atoms with van der Waals surface area (Å²) in [4.78, 5) is 4.54. The van der Waals surface area contributed by atoms with Gasteiger partial charge in [0.2, 0.25) is 0 Å². The number of anilines is 1. The number of nitrogens with zero attached hydrogens (tertiary/aromatic N) is 1. The molecule has 0 spiro atoms. The molecule has 0 saturated heterocycles. The summed E-state index contributed by atoms with van der Waals surface area (Å²) in [5, 5.41) is 5.06. The molecule has 0 aliphatic carbocycles. The summed E-state index contributed by atoms with van der Waals surface area (Å²) >= 11 is 7.65. The maximum Gasteiger partial charge on any atom is 0.183 e. The minimum Gasteiger partial charge on any atom is -0.361 e. The van der Waals surface area contributed by atoms with Crippen LogP contribution in [0.5, 0.6) is 0 Å². The van der Waals surface area contributed by atoms with E-state index in [1.165, 1.54) is 0 Å². The number of nitrogens with one attached hydrogen (secondary N) is 1. The second-order valence-electron chi connectivity index (χ2n) is 3.52. The first-order valence-electron chi connectivity index (χ1n) is 5.01. The van der Waals surface area contributed by atoms with Gasteiger partial charge in [-0.3, -0.25) is 0 Å². The van der Waals surface area contributed by atoms with Gasteiger partial charge in [-0.25, -0.2) is 4.98 Å². The Bertz CT molecular complexity index is 479. The van der Waals surface area contributed by atoms with Crippen LogP contribution < -0.4 is 5.32 Å². The minimum atomic E-state index is 0.783. The Labute approximate surface area is 98.3 Å². The van der Waals surface area contributed by atoms with Gasteiger partial charge in [0.25, 0.3) is 0 Å². The van der Waals surface area contributed by atoms with Crippen molar-refractivity contribution in [1.29, 1.82) is 0 Å². The molecule has 4 heteroatoms. The van der Waals surface area contributed by atoms with Gasteiger partial charge in [-0.15, -0.1) is 0 Å². The first-order chi connectivity index (χ1) is 7.20. The Balaban J connectivity index is 2.41. The van der Waals surface area contributed by atoms with Crippen LogP contribution in [0.1, 0.15) is 18.9 Å². The van der Waals surface area contributed by atoms with E-state index in [4.69, 9.17) is 11.6 Å². The molecule has 1 N–H and O–H groups in total. The number of fused-ring (bicyclic) bond motifs is 1. The highest BCUT2D eigenvalue weighted by atomic mass is 35.5. The van der Waals surface area contributed by atoms with Crippen molar-refractivity contribution >= 4 is 38.3 Å². The SMILES string of the molecule is CCCNc1nc2c(C)cc(Cl)cc2s1. The molecule has 2 aromatic rings. The maximum atomic E-state index is 6.00. The van der Waals surface area contributed by atoms with Crippen LogP contribution >= 0.6 is 22.9 Å². The standard InChI is InChI=1S/C11H13ClN2S/c1-3-4-13-11-14-10-7(2)5-8(12)6-9(10)15-11/h5-6H,3-4H2,1-2H3,(H,13,14). The molecule has 1 heterocycles. The third kappa shape index (κ3) is 2.24. The largest absolute Gasteiger partial charge is 0.361 e. The lowest BCUT2D eigenvalue weighted by molar-refractivity contribution is 0.977. The summed E-state index contributed by atoms with van der Waals surface area (Å²) in [6, 6.07) is 3.92. The topological polar surface area (TPSA) is 24.9 Å². The van der Waals surface area contributed by atoms with E-state index in [9.17, 15) is 0 Å². The van der Waals surface area contributed by atoms with E-state index in [1.807, 2.05) is 19.1 Å². The molecule has 1 aromatic carbocycles. The van der Waals surface area contributed by atoms with E-state index in [0.717, 1.165) is 38.9 Å². The van der Waals surface area contributed by atoms with Crippen molar-refractivity contribution < 1.29 is 0 Å². The molecule has 0 saturated carbocycles. The zero-order valence-corrected chi connectivity index (χ0v) is 10.4. The average Bonchev–Trinajstić information content (AvgIpc) is 2.57. The van der Waals surface area contributed by atoms with Crippen LogP contribution in [0.3, 0.4) is 0 Å². The average molecular weight is 241 g/mol. The summed E-state index contributed by atoms with van der Waals surface area (Å²) < 4.78 is 1.15. The lowest BCUT2D eigenvalue weighted by Gasteiger charge is -1.96. The molecule has 0 fully saturated rings.